The molecule has 1 unspecified atom stereocenters. The highest BCUT2D eigenvalue weighted by Crippen LogP contribution is 2.33. The number of hydrogen-bond acceptors (Lipinski definition) is 5. The van der Waals surface area contributed by atoms with Crippen LogP contribution < -0.4 is 15.8 Å². The fraction of sp³-hybridized carbons (Fsp3) is 0.571. The summed E-state index contributed by atoms with van der Waals surface area (Å²) in [5, 5.41) is 14.5. The van der Waals surface area contributed by atoms with Crippen molar-refractivity contribution in [3.63, 3.8) is 0 Å². The SMILES string of the molecule is Cc1c(N2CCCCC2CCO)cc(N)cc1S(N)(=O)=O. The highest BCUT2D eigenvalue weighted by Gasteiger charge is 2.26. The van der Waals surface area contributed by atoms with Gasteiger partial charge in [0.05, 0.1) is 4.90 Å². The summed E-state index contributed by atoms with van der Waals surface area (Å²) in [6.45, 7) is 2.70. The molecule has 1 saturated heterocycles. The Bertz CT molecular complexity index is 614. The first-order chi connectivity index (χ1) is 9.84. The number of piperidine rings is 1. The molecule has 2 rings (SSSR count). The van der Waals surface area contributed by atoms with Gasteiger partial charge in [-0.05, 0) is 50.3 Å². The van der Waals surface area contributed by atoms with E-state index in [-0.39, 0.29) is 17.5 Å². The number of rotatable bonds is 4. The Morgan fingerprint density at radius 2 is 2.10 bits per heavy atom. The average Bonchev–Trinajstić information content (AvgIpc) is 2.41. The topological polar surface area (TPSA) is 110 Å². The molecule has 0 bridgehead atoms. The van der Waals surface area contributed by atoms with Crippen molar-refractivity contribution in [2.75, 3.05) is 23.8 Å². The number of aliphatic hydroxyl groups is 1. The van der Waals surface area contributed by atoms with Gasteiger partial charge in [0.1, 0.15) is 0 Å². The molecular formula is C14H23N3O3S. The quantitative estimate of drug-likeness (QED) is 0.717. The van der Waals surface area contributed by atoms with E-state index in [1.807, 2.05) is 0 Å². The summed E-state index contributed by atoms with van der Waals surface area (Å²) in [5.41, 5.74) is 7.66. The lowest BCUT2D eigenvalue weighted by Gasteiger charge is -2.38. The van der Waals surface area contributed by atoms with Gasteiger partial charge < -0.3 is 15.7 Å². The van der Waals surface area contributed by atoms with Crippen LogP contribution in [0.5, 0.6) is 0 Å². The maximum atomic E-state index is 11.7. The van der Waals surface area contributed by atoms with E-state index < -0.39 is 10.0 Å². The van der Waals surface area contributed by atoms with Gasteiger partial charge >= 0.3 is 0 Å². The Morgan fingerprint density at radius 1 is 1.38 bits per heavy atom. The van der Waals surface area contributed by atoms with Gasteiger partial charge in [-0.15, -0.1) is 0 Å². The molecule has 0 saturated carbocycles. The normalized spacial score (nSPS) is 19.8. The van der Waals surface area contributed by atoms with Gasteiger partial charge in [-0.1, -0.05) is 0 Å². The molecule has 1 aliphatic heterocycles. The summed E-state index contributed by atoms with van der Waals surface area (Å²) in [7, 11) is -3.80. The minimum Gasteiger partial charge on any atom is -0.399 e. The molecule has 0 aliphatic carbocycles. The van der Waals surface area contributed by atoms with Gasteiger partial charge in [0, 0.05) is 30.6 Å². The average molecular weight is 313 g/mol. The number of anilines is 2. The molecule has 5 N–H and O–H groups in total. The van der Waals surface area contributed by atoms with E-state index in [4.69, 9.17) is 10.9 Å². The fourth-order valence-electron chi connectivity index (χ4n) is 3.05. The van der Waals surface area contributed by atoms with Gasteiger partial charge in [0.2, 0.25) is 10.0 Å². The van der Waals surface area contributed by atoms with Crippen molar-refractivity contribution in [2.45, 2.75) is 43.5 Å². The van der Waals surface area contributed by atoms with Crippen LogP contribution in [0.3, 0.4) is 0 Å². The highest BCUT2D eigenvalue weighted by atomic mass is 32.2. The van der Waals surface area contributed by atoms with Crippen LogP contribution in [0.1, 0.15) is 31.2 Å². The van der Waals surface area contributed by atoms with Gasteiger partial charge in [-0.2, -0.15) is 0 Å². The standard InChI is InChI=1S/C14H23N3O3S/c1-10-13(8-11(15)9-14(10)21(16,19)20)17-6-3-2-4-12(17)5-7-18/h8-9,12,18H,2-7,15H2,1H3,(H2,16,19,20). The summed E-state index contributed by atoms with van der Waals surface area (Å²) in [6, 6.07) is 3.40. The zero-order valence-electron chi connectivity index (χ0n) is 12.2. The molecule has 118 valence electrons. The molecule has 1 fully saturated rings. The van der Waals surface area contributed by atoms with E-state index in [2.05, 4.69) is 4.90 Å². The van der Waals surface area contributed by atoms with Crippen LogP contribution >= 0.6 is 0 Å². The van der Waals surface area contributed by atoms with Crippen molar-refractivity contribution < 1.29 is 13.5 Å². The first kappa shape index (κ1) is 16.1. The molecule has 1 aliphatic rings. The number of sulfonamides is 1. The number of nitrogen functional groups attached to an aromatic ring is 1. The van der Waals surface area contributed by atoms with Gasteiger partial charge in [0.15, 0.2) is 0 Å². The van der Waals surface area contributed by atoms with Crippen LogP contribution in [-0.2, 0) is 10.0 Å². The van der Waals surface area contributed by atoms with Crippen molar-refractivity contribution in [1.82, 2.24) is 0 Å². The van der Waals surface area contributed by atoms with Crippen molar-refractivity contribution in [3.05, 3.63) is 17.7 Å². The Hall–Kier alpha value is -1.31. The van der Waals surface area contributed by atoms with Crippen molar-refractivity contribution in [1.29, 1.82) is 0 Å². The van der Waals surface area contributed by atoms with Crippen LogP contribution in [0.2, 0.25) is 0 Å². The first-order valence-corrected chi connectivity index (χ1v) is 8.69. The number of primary sulfonamides is 1. The summed E-state index contributed by atoms with van der Waals surface area (Å²) in [6.07, 6.45) is 3.81. The lowest BCUT2D eigenvalue weighted by atomic mass is 9.97. The predicted octanol–water partition coefficient (Wildman–Crippen LogP) is 0.966. The van der Waals surface area contributed by atoms with Crippen LogP contribution in [-0.4, -0.2) is 32.7 Å². The molecule has 0 amide bonds. The molecule has 21 heavy (non-hydrogen) atoms. The lowest BCUT2D eigenvalue weighted by molar-refractivity contribution is 0.262. The third kappa shape index (κ3) is 3.48. The smallest absolute Gasteiger partial charge is 0.238 e. The Kier molecular flexibility index (Phi) is 4.75. The molecule has 6 nitrogen and oxygen atoms in total. The molecule has 1 aromatic rings. The number of benzene rings is 1. The second-order valence-corrected chi connectivity index (χ2v) is 7.09. The van der Waals surface area contributed by atoms with E-state index in [1.54, 1.807) is 13.0 Å². The molecule has 0 radical (unpaired) electrons. The second kappa shape index (κ2) is 6.21. The number of nitrogens with two attached hydrogens (primary N) is 2. The monoisotopic (exact) mass is 313 g/mol. The maximum Gasteiger partial charge on any atom is 0.238 e. The van der Waals surface area contributed by atoms with Gasteiger partial charge in [-0.25, -0.2) is 13.6 Å². The second-order valence-electron chi connectivity index (χ2n) is 5.56. The molecule has 0 aromatic heterocycles. The lowest BCUT2D eigenvalue weighted by Crippen LogP contribution is -2.40. The number of aliphatic hydroxyl groups excluding tert-OH is 1. The Balaban J connectivity index is 2.49. The van der Waals surface area contributed by atoms with E-state index in [0.29, 0.717) is 17.7 Å². The maximum absolute atomic E-state index is 11.7. The van der Waals surface area contributed by atoms with Crippen LogP contribution in [0.4, 0.5) is 11.4 Å². The fourth-order valence-corrected chi connectivity index (χ4v) is 3.89. The Morgan fingerprint density at radius 3 is 2.71 bits per heavy atom. The first-order valence-electron chi connectivity index (χ1n) is 7.15. The van der Waals surface area contributed by atoms with Crippen molar-refractivity contribution in [2.24, 2.45) is 5.14 Å². The summed E-state index contributed by atoms with van der Waals surface area (Å²) >= 11 is 0. The molecule has 0 spiro atoms. The predicted molar refractivity (Wildman–Crippen MR) is 83.7 cm³/mol. The van der Waals surface area contributed by atoms with Gasteiger partial charge in [-0.3, -0.25) is 0 Å². The third-order valence-electron chi connectivity index (χ3n) is 4.06. The van der Waals surface area contributed by atoms with Crippen LogP contribution in [0.25, 0.3) is 0 Å². The van der Waals surface area contributed by atoms with Crippen LogP contribution in [0.15, 0.2) is 17.0 Å². The molecule has 1 atom stereocenters. The third-order valence-corrected chi connectivity index (χ3v) is 5.10. The van der Waals surface area contributed by atoms with Crippen molar-refractivity contribution >= 4 is 21.4 Å². The zero-order valence-corrected chi connectivity index (χ0v) is 13.1. The zero-order chi connectivity index (χ0) is 15.6. The summed E-state index contributed by atoms with van der Waals surface area (Å²) in [5.74, 6) is 0. The minimum atomic E-state index is -3.80. The molecule has 1 heterocycles. The van der Waals surface area contributed by atoms with Gasteiger partial charge in [0.25, 0.3) is 0 Å². The van der Waals surface area contributed by atoms with Crippen molar-refractivity contribution in [3.8, 4) is 0 Å². The van der Waals surface area contributed by atoms with E-state index in [0.717, 1.165) is 31.5 Å². The summed E-state index contributed by atoms with van der Waals surface area (Å²) < 4.78 is 23.4. The van der Waals surface area contributed by atoms with E-state index in [9.17, 15) is 13.5 Å². The molecule has 7 heteroatoms. The Labute approximate surface area is 125 Å². The van der Waals surface area contributed by atoms with E-state index >= 15 is 0 Å². The largest absolute Gasteiger partial charge is 0.399 e. The van der Waals surface area contributed by atoms with E-state index in [1.165, 1.54) is 6.07 Å². The molecular weight excluding hydrogens is 290 g/mol. The highest BCUT2D eigenvalue weighted by molar-refractivity contribution is 7.89. The molecule has 1 aromatic carbocycles. The van der Waals surface area contributed by atoms with Crippen LogP contribution in [0, 0.1) is 6.92 Å². The summed E-state index contributed by atoms with van der Waals surface area (Å²) in [4.78, 5) is 2.23. The number of hydrogen-bond donors (Lipinski definition) is 3. The number of nitrogens with zero attached hydrogens (tertiary/aromatic N) is 1. The minimum absolute atomic E-state index is 0.0748.